The molecule has 0 spiro atoms. The zero-order chi connectivity index (χ0) is 17.3. The largest absolute Gasteiger partial charge is 0.489 e. The van der Waals surface area contributed by atoms with Gasteiger partial charge in [0.1, 0.15) is 12.4 Å². The van der Waals surface area contributed by atoms with Crippen molar-refractivity contribution in [1.29, 1.82) is 0 Å². The average Bonchev–Trinajstić information content (AvgIpc) is 2.95. The summed E-state index contributed by atoms with van der Waals surface area (Å²) in [6.07, 6.45) is 8.25. The van der Waals surface area contributed by atoms with Crippen LogP contribution in [0.5, 0.6) is 5.75 Å². The Morgan fingerprint density at radius 3 is 2.48 bits per heavy atom. The number of hydrogen-bond acceptors (Lipinski definition) is 2. The molecule has 3 nitrogen and oxygen atoms in total. The van der Waals surface area contributed by atoms with E-state index in [0.29, 0.717) is 6.61 Å². The van der Waals surface area contributed by atoms with Gasteiger partial charge in [-0.15, -0.1) is 0 Å². The van der Waals surface area contributed by atoms with Gasteiger partial charge in [-0.3, -0.25) is 4.79 Å². The van der Waals surface area contributed by atoms with E-state index in [1.54, 1.807) is 6.08 Å². The number of carbonyl (C=O) groups excluding carboxylic acids is 1. The second-order valence-electron chi connectivity index (χ2n) is 6.42. The highest BCUT2D eigenvalue weighted by Gasteiger charge is 2.12. The molecule has 3 heteroatoms. The predicted molar refractivity (Wildman–Crippen MR) is 101 cm³/mol. The second kappa shape index (κ2) is 9.07. The zero-order valence-electron chi connectivity index (χ0n) is 14.6. The van der Waals surface area contributed by atoms with Crippen molar-refractivity contribution in [2.75, 3.05) is 13.1 Å². The topological polar surface area (TPSA) is 29.5 Å². The lowest BCUT2D eigenvalue weighted by Crippen LogP contribution is -2.30. The monoisotopic (exact) mass is 335 g/mol. The highest BCUT2D eigenvalue weighted by Crippen LogP contribution is 2.17. The van der Waals surface area contributed by atoms with E-state index in [1.807, 2.05) is 65.6 Å². The Bertz CT molecular complexity index is 701. The van der Waals surface area contributed by atoms with Crippen LogP contribution in [-0.4, -0.2) is 23.9 Å². The summed E-state index contributed by atoms with van der Waals surface area (Å²) in [6, 6.07) is 18.0. The predicted octanol–water partition coefficient (Wildman–Crippen LogP) is 4.68. The van der Waals surface area contributed by atoms with E-state index in [1.165, 1.54) is 12.8 Å². The van der Waals surface area contributed by atoms with Gasteiger partial charge in [-0.05, 0) is 42.2 Å². The van der Waals surface area contributed by atoms with Gasteiger partial charge in [-0.2, -0.15) is 0 Å². The first kappa shape index (κ1) is 17.3. The Labute approximate surface area is 149 Å². The van der Waals surface area contributed by atoms with Crippen LogP contribution in [0.25, 0.3) is 6.08 Å². The number of rotatable bonds is 5. The van der Waals surface area contributed by atoms with Gasteiger partial charge >= 0.3 is 0 Å². The van der Waals surface area contributed by atoms with Crippen LogP contribution in [0.1, 0.15) is 36.8 Å². The van der Waals surface area contributed by atoms with Crippen LogP contribution in [0.3, 0.4) is 0 Å². The van der Waals surface area contributed by atoms with Gasteiger partial charge in [0, 0.05) is 19.2 Å². The van der Waals surface area contributed by atoms with Crippen LogP contribution in [0.2, 0.25) is 0 Å². The molecule has 0 atom stereocenters. The molecule has 3 rings (SSSR count). The lowest BCUT2D eigenvalue weighted by Gasteiger charge is -2.17. The fraction of sp³-hybridized carbons (Fsp3) is 0.318. The fourth-order valence-electron chi connectivity index (χ4n) is 3.01. The molecule has 0 aliphatic carbocycles. The third-order valence-corrected chi connectivity index (χ3v) is 4.44. The summed E-state index contributed by atoms with van der Waals surface area (Å²) in [5.41, 5.74) is 2.12. The second-order valence-corrected chi connectivity index (χ2v) is 6.42. The number of hydrogen-bond donors (Lipinski definition) is 0. The van der Waals surface area contributed by atoms with Gasteiger partial charge in [-0.1, -0.05) is 55.3 Å². The number of amides is 1. The average molecular weight is 335 g/mol. The summed E-state index contributed by atoms with van der Waals surface area (Å²) >= 11 is 0. The van der Waals surface area contributed by atoms with E-state index in [9.17, 15) is 4.79 Å². The molecule has 0 saturated carbocycles. The molecule has 0 radical (unpaired) electrons. The molecule has 0 aromatic heterocycles. The number of carbonyl (C=O) groups is 1. The number of nitrogens with zero attached hydrogens (tertiary/aromatic N) is 1. The van der Waals surface area contributed by atoms with Crippen molar-refractivity contribution in [1.82, 2.24) is 4.90 Å². The van der Waals surface area contributed by atoms with Gasteiger partial charge in [0.05, 0.1) is 0 Å². The molecule has 130 valence electrons. The van der Waals surface area contributed by atoms with Gasteiger partial charge < -0.3 is 9.64 Å². The van der Waals surface area contributed by atoms with Crippen LogP contribution in [-0.2, 0) is 11.4 Å². The Balaban J connectivity index is 1.58. The summed E-state index contributed by atoms with van der Waals surface area (Å²) in [5.74, 6) is 0.922. The smallest absolute Gasteiger partial charge is 0.246 e. The minimum atomic E-state index is 0.109. The van der Waals surface area contributed by atoms with E-state index in [2.05, 4.69) is 0 Å². The lowest BCUT2D eigenvalue weighted by atomic mass is 10.2. The molecule has 2 aromatic carbocycles. The van der Waals surface area contributed by atoms with Crippen LogP contribution in [0.15, 0.2) is 60.7 Å². The Morgan fingerprint density at radius 2 is 1.72 bits per heavy atom. The minimum Gasteiger partial charge on any atom is -0.489 e. The first-order chi connectivity index (χ1) is 12.3. The molecule has 2 aromatic rings. The summed E-state index contributed by atoms with van der Waals surface area (Å²) < 4.78 is 5.84. The molecular weight excluding hydrogens is 310 g/mol. The normalized spacial score (nSPS) is 15.1. The first-order valence-electron chi connectivity index (χ1n) is 9.05. The Kier molecular flexibility index (Phi) is 6.27. The van der Waals surface area contributed by atoms with E-state index in [4.69, 9.17) is 4.74 Å². The van der Waals surface area contributed by atoms with Crippen molar-refractivity contribution in [3.05, 3.63) is 71.8 Å². The maximum atomic E-state index is 12.3. The third kappa shape index (κ3) is 5.49. The maximum Gasteiger partial charge on any atom is 0.246 e. The first-order valence-corrected chi connectivity index (χ1v) is 9.05. The molecule has 1 fully saturated rings. The van der Waals surface area contributed by atoms with Crippen LogP contribution >= 0.6 is 0 Å². The Hall–Kier alpha value is -2.55. The summed E-state index contributed by atoms with van der Waals surface area (Å²) in [6.45, 7) is 2.30. The fourth-order valence-corrected chi connectivity index (χ4v) is 3.01. The van der Waals surface area contributed by atoms with Crippen molar-refractivity contribution in [2.24, 2.45) is 0 Å². The molecule has 1 aliphatic heterocycles. The van der Waals surface area contributed by atoms with Crippen LogP contribution in [0.4, 0.5) is 0 Å². The highest BCUT2D eigenvalue weighted by atomic mass is 16.5. The number of likely N-dealkylation sites (tertiary alicyclic amines) is 1. The van der Waals surface area contributed by atoms with Gasteiger partial charge in [0.2, 0.25) is 5.91 Å². The summed E-state index contributed by atoms with van der Waals surface area (Å²) in [4.78, 5) is 14.3. The molecule has 1 aliphatic rings. The number of benzene rings is 2. The van der Waals surface area contributed by atoms with Crippen molar-refractivity contribution in [2.45, 2.75) is 32.3 Å². The van der Waals surface area contributed by atoms with E-state index >= 15 is 0 Å². The molecule has 25 heavy (non-hydrogen) atoms. The molecule has 0 N–H and O–H groups in total. The molecule has 1 saturated heterocycles. The molecule has 1 amide bonds. The van der Waals surface area contributed by atoms with Crippen LogP contribution < -0.4 is 4.74 Å². The van der Waals surface area contributed by atoms with E-state index in [-0.39, 0.29) is 5.91 Å². The van der Waals surface area contributed by atoms with Gasteiger partial charge in [0.15, 0.2) is 0 Å². The quantitative estimate of drug-likeness (QED) is 0.742. The van der Waals surface area contributed by atoms with Gasteiger partial charge in [0.25, 0.3) is 0 Å². The van der Waals surface area contributed by atoms with Crippen molar-refractivity contribution in [3.8, 4) is 5.75 Å². The third-order valence-electron chi connectivity index (χ3n) is 4.44. The highest BCUT2D eigenvalue weighted by molar-refractivity contribution is 5.91. The van der Waals surface area contributed by atoms with Crippen molar-refractivity contribution in [3.63, 3.8) is 0 Å². The van der Waals surface area contributed by atoms with Crippen molar-refractivity contribution < 1.29 is 9.53 Å². The minimum absolute atomic E-state index is 0.109. The summed E-state index contributed by atoms with van der Waals surface area (Å²) in [7, 11) is 0. The van der Waals surface area contributed by atoms with E-state index in [0.717, 1.165) is 42.8 Å². The standard InChI is InChI=1S/C22H25NO2/c24-22(23-15-6-1-2-7-16-23)14-13-19-11-8-12-21(17-19)25-18-20-9-4-3-5-10-20/h3-5,8-14,17H,1-2,6-7,15-16,18H2/b14-13+. The lowest BCUT2D eigenvalue weighted by molar-refractivity contribution is -0.125. The van der Waals surface area contributed by atoms with Crippen molar-refractivity contribution >= 4 is 12.0 Å². The SMILES string of the molecule is O=C(/C=C/c1cccc(OCc2ccccc2)c1)N1CCCCCC1. The maximum absolute atomic E-state index is 12.3. The molecule has 0 unspecified atom stereocenters. The number of ether oxygens (including phenoxy) is 1. The van der Waals surface area contributed by atoms with E-state index < -0.39 is 0 Å². The summed E-state index contributed by atoms with van der Waals surface area (Å²) in [5, 5.41) is 0. The van der Waals surface area contributed by atoms with Gasteiger partial charge in [-0.25, -0.2) is 0 Å². The molecular formula is C22H25NO2. The molecule has 1 heterocycles. The zero-order valence-corrected chi connectivity index (χ0v) is 14.6. The van der Waals surface area contributed by atoms with Crippen LogP contribution in [0, 0.1) is 0 Å². The molecule has 0 bridgehead atoms. The Morgan fingerprint density at radius 1 is 0.960 bits per heavy atom.